The number of aromatic nitrogens is 1. The molecule has 0 atom stereocenters. The molecule has 0 spiro atoms. The van der Waals surface area contributed by atoms with Gasteiger partial charge in [-0.1, -0.05) is 36.4 Å². The average molecular weight is 214 g/mol. The first-order valence-corrected chi connectivity index (χ1v) is 5.21. The predicted octanol–water partition coefficient (Wildman–Crippen LogP) is 2.12. The summed E-state index contributed by atoms with van der Waals surface area (Å²) in [6.07, 6.45) is 0. The van der Waals surface area contributed by atoms with Crippen LogP contribution in [-0.4, -0.2) is 4.98 Å². The van der Waals surface area contributed by atoms with Crippen LogP contribution in [0.5, 0.6) is 5.88 Å². The molecule has 0 saturated carbocycles. The molecule has 0 saturated heterocycles. The fourth-order valence-corrected chi connectivity index (χ4v) is 1.38. The average Bonchev–Trinajstić information content (AvgIpc) is 2.38. The Labute approximate surface area is 94.9 Å². The lowest BCUT2D eigenvalue weighted by Gasteiger charge is -2.06. The maximum absolute atomic E-state index is 5.57. The molecular weight excluding hydrogens is 200 g/mol. The van der Waals surface area contributed by atoms with Crippen LogP contribution >= 0.6 is 0 Å². The van der Waals surface area contributed by atoms with Crippen molar-refractivity contribution in [2.45, 2.75) is 13.2 Å². The molecule has 1 aromatic carbocycles. The molecule has 0 amide bonds. The Bertz CT molecular complexity index is 443. The van der Waals surface area contributed by atoms with Gasteiger partial charge in [-0.2, -0.15) is 0 Å². The van der Waals surface area contributed by atoms with E-state index in [0.29, 0.717) is 19.0 Å². The summed E-state index contributed by atoms with van der Waals surface area (Å²) in [6.45, 7) is 0.963. The molecule has 0 bridgehead atoms. The fourth-order valence-electron chi connectivity index (χ4n) is 1.38. The van der Waals surface area contributed by atoms with Crippen LogP contribution in [0.3, 0.4) is 0 Å². The van der Waals surface area contributed by atoms with Crippen LogP contribution < -0.4 is 10.5 Å². The van der Waals surface area contributed by atoms with E-state index in [0.717, 1.165) is 11.3 Å². The standard InChI is InChI=1S/C13H14N2O/c14-9-12-7-4-8-13(15-12)16-10-11-5-2-1-3-6-11/h1-8H,9-10,14H2. The number of nitrogens with two attached hydrogens (primary N) is 1. The Hall–Kier alpha value is -1.87. The molecule has 0 aliphatic heterocycles. The maximum Gasteiger partial charge on any atom is 0.213 e. The number of ether oxygens (including phenoxy) is 1. The van der Waals surface area contributed by atoms with Gasteiger partial charge in [0, 0.05) is 12.6 Å². The molecule has 0 unspecified atom stereocenters. The Balaban J connectivity index is 1.99. The lowest BCUT2D eigenvalue weighted by atomic mass is 10.2. The summed E-state index contributed by atoms with van der Waals surface area (Å²) in [4.78, 5) is 4.26. The first-order valence-electron chi connectivity index (χ1n) is 5.21. The highest BCUT2D eigenvalue weighted by Gasteiger charge is 1.97. The molecular formula is C13H14N2O. The Morgan fingerprint density at radius 3 is 2.56 bits per heavy atom. The molecule has 0 radical (unpaired) electrons. The van der Waals surface area contributed by atoms with E-state index in [4.69, 9.17) is 10.5 Å². The first kappa shape index (κ1) is 10.6. The van der Waals surface area contributed by atoms with Crippen molar-refractivity contribution >= 4 is 0 Å². The third-order valence-corrected chi connectivity index (χ3v) is 2.22. The largest absolute Gasteiger partial charge is 0.473 e. The lowest BCUT2D eigenvalue weighted by Crippen LogP contribution is -2.02. The molecule has 2 rings (SSSR count). The minimum absolute atomic E-state index is 0.433. The third-order valence-electron chi connectivity index (χ3n) is 2.22. The Morgan fingerprint density at radius 1 is 1.00 bits per heavy atom. The van der Waals surface area contributed by atoms with E-state index in [1.165, 1.54) is 0 Å². The van der Waals surface area contributed by atoms with Crippen molar-refractivity contribution in [3.8, 4) is 5.88 Å². The van der Waals surface area contributed by atoms with Crippen molar-refractivity contribution in [2.24, 2.45) is 5.73 Å². The monoisotopic (exact) mass is 214 g/mol. The molecule has 1 aromatic heterocycles. The SMILES string of the molecule is NCc1cccc(OCc2ccccc2)n1. The smallest absolute Gasteiger partial charge is 0.213 e. The number of hydrogen-bond acceptors (Lipinski definition) is 3. The third kappa shape index (κ3) is 2.81. The molecule has 0 aliphatic carbocycles. The number of pyridine rings is 1. The molecule has 2 N–H and O–H groups in total. The van der Waals surface area contributed by atoms with Crippen LogP contribution in [-0.2, 0) is 13.2 Å². The quantitative estimate of drug-likeness (QED) is 0.848. The summed E-state index contributed by atoms with van der Waals surface area (Å²) >= 11 is 0. The van der Waals surface area contributed by atoms with Gasteiger partial charge in [0.1, 0.15) is 6.61 Å². The summed E-state index contributed by atoms with van der Waals surface area (Å²) in [5, 5.41) is 0. The van der Waals surface area contributed by atoms with Gasteiger partial charge in [0.05, 0.1) is 5.69 Å². The van der Waals surface area contributed by atoms with E-state index in [-0.39, 0.29) is 0 Å². The summed E-state index contributed by atoms with van der Waals surface area (Å²) < 4.78 is 5.57. The highest BCUT2D eigenvalue weighted by atomic mass is 16.5. The zero-order chi connectivity index (χ0) is 11.2. The lowest BCUT2D eigenvalue weighted by molar-refractivity contribution is 0.293. The number of nitrogens with zero attached hydrogens (tertiary/aromatic N) is 1. The van der Waals surface area contributed by atoms with Crippen LogP contribution in [0.1, 0.15) is 11.3 Å². The van der Waals surface area contributed by atoms with Gasteiger partial charge in [-0.05, 0) is 11.6 Å². The molecule has 0 aliphatic rings. The molecule has 1 heterocycles. The van der Waals surface area contributed by atoms with Crippen LogP contribution in [0.25, 0.3) is 0 Å². The van der Waals surface area contributed by atoms with Gasteiger partial charge in [0.2, 0.25) is 5.88 Å². The van der Waals surface area contributed by atoms with Crippen LogP contribution in [0, 0.1) is 0 Å². The number of hydrogen-bond donors (Lipinski definition) is 1. The van der Waals surface area contributed by atoms with E-state index in [9.17, 15) is 0 Å². The first-order chi connectivity index (χ1) is 7.88. The summed E-state index contributed by atoms with van der Waals surface area (Å²) in [5.74, 6) is 0.617. The van der Waals surface area contributed by atoms with Crippen molar-refractivity contribution in [3.63, 3.8) is 0 Å². The highest BCUT2D eigenvalue weighted by Crippen LogP contribution is 2.10. The van der Waals surface area contributed by atoms with E-state index in [2.05, 4.69) is 4.98 Å². The van der Waals surface area contributed by atoms with Crippen LogP contribution in [0.4, 0.5) is 0 Å². The maximum atomic E-state index is 5.57. The van der Waals surface area contributed by atoms with Crippen molar-refractivity contribution in [1.82, 2.24) is 4.98 Å². The van der Waals surface area contributed by atoms with Crippen molar-refractivity contribution < 1.29 is 4.74 Å². The van der Waals surface area contributed by atoms with Crippen molar-refractivity contribution in [1.29, 1.82) is 0 Å². The van der Waals surface area contributed by atoms with Gasteiger partial charge < -0.3 is 10.5 Å². The number of benzene rings is 1. The van der Waals surface area contributed by atoms with Gasteiger partial charge in [-0.3, -0.25) is 0 Å². The second-order valence-corrected chi connectivity index (χ2v) is 3.45. The van der Waals surface area contributed by atoms with Gasteiger partial charge >= 0.3 is 0 Å². The molecule has 0 fully saturated rings. The van der Waals surface area contributed by atoms with Crippen molar-refractivity contribution in [2.75, 3.05) is 0 Å². The summed E-state index contributed by atoms with van der Waals surface area (Å²) in [5.41, 5.74) is 7.47. The summed E-state index contributed by atoms with van der Waals surface area (Å²) in [6, 6.07) is 15.6. The second kappa shape index (κ2) is 5.28. The zero-order valence-corrected chi connectivity index (χ0v) is 8.97. The van der Waals surface area contributed by atoms with E-state index < -0.39 is 0 Å². The topological polar surface area (TPSA) is 48.1 Å². The van der Waals surface area contributed by atoms with E-state index >= 15 is 0 Å². The highest BCUT2D eigenvalue weighted by molar-refractivity contribution is 5.18. The molecule has 3 nitrogen and oxygen atoms in total. The van der Waals surface area contributed by atoms with Gasteiger partial charge in [0.25, 0.3) is 0 Å². The van der Waals surface area contributed by atoms with Gasteiger partial charge in [-0.25, -0.2) is 4.98 Å². The van der Waals surface area contributed by atoms with Crippen molar-refractivity contribution in [3.05, 3.63) is 59.8 Å². The molecule has 82 valence electrons. The normalized spacial score (nSPS) is 10.1. The Kier molecular flexibility index (Phi) is 3.51. The van der Waals surface area contributed by atoms with Gasteiger partial charge in [0.15, 0.2) is 0 Å². The zero-order valence-electron chi connectivity index (χ0n) is 8.97. The molecule has 3 heteroatoms. The minimum Gasteiger partial charge on any atom is -0.473 e. The van der Waals surface area contributed by atoms with Gasteiger partial charge in [-0.15, -0.1) is 0 Å². The van der Waals surface area contributed by atoms with E-state index in [1.807, 2.05) is 48.5 Å². The fraction of sp³-hybridized carbons (Fsp3) is 0.154. The second-order valence-electron chi connectivity index (χ2n) is 3.45. The van der Waals surface area contributed by atoms with E-state index in [1.54, 1.807) is 0 Å². The Morgan fingerprint density at radius 2 is 1.81 bits per heavy atom. The van der Waals surface area contributed by atoms with Crippen LogP contribution in [0.2, 0.25) is 0 Å². The molecule has 2 aromatic rings. The summed E-state index contributed by atoms with van der Waals surface area (Å²) in [7, 11) is 0. The predicted molar refractivity (Wildman–Crippen MR) is 62.9 cm³/mol. The van der Waals surface area contributed by atoms with Crippen LogP contribution in [0.15, 0.2) is 48.5 Å². The minimum atomic E-state index is 0.433. The molecule has 16 heavy (non-hydrogen) atoms. The number of rotatable bonds is 4.